The molecule has 0 aliphatic carbocycles. The number of hydrogen-bond donors (Lipinski definition) is 0. The summed E-state index contributed by atoms with van der Waals surface area (Å²) < 4.78 is 11.1. The minimum atomic E-state index is 0.490. The van der Waals surface area contributed by atoms with Gasteiger partial charge in [0.2, 0.25) is 11.8 Å². The van der Waals surface area contributed by atoms with Crippen molar-refractivity contribution in [1.82, 2.24) is 15.0 Å². The zero-order chi connectivity index (χ0) is 13.0. The molecular formula is C13H15N3O2. The van der Waals surface area contributed by atoms with E-state index in [1.54, 1.807) is 6.20 Å². The number of aromatic nitrogens is 3. The van der Waals surface area contributed by atoms with E-state index in [1.807, 2.05) is 32.9 Å². The van der Waals surface area contributed by atoms with Gasteiger partial charge in [-0.25, -0.2) is 9.97 Å². The maximum atomic E-state index is 5.73. The number of ether oxygens (including phenoxy) is 2. The fourth-order valence-electron chi connectivity index (χ4n) is 1.49. The fourth-order valence-corrected chi connectivity index (χ4v) is 1.49. The van der Waals surface area contributed by atoms with Gasteiger partial charge in [0.15, 0.2) is 5.75 Å². The van der Waals surface area contributed by atoms with Gasteiger partial charge in [0, 0.05) is 6.20 Å². The van der Waals surface area contributed by atoms with Crippen LogP contribution in [0, 0.1) is 13.8 Å². The van der Waals surface area contributed by atoms with E-state index >= 15 is 0 Å². The minimum Gasteiger partial charge on any atom is -0.478 e. The van der Waals surface area contributed by atoms with E-state index < -0.39 is 0 Å². The largest absolute Gasteiger partial charge is 0.478 e. The van der Waals surface area contributed by atoms with Crippen LogP contribution in [0.15, 0.2) is 24.7 Å². The van der Waals surface area contributed by atoms with Crippen molar-refractivity contribution >= 4 is 0 Å². The molecule has 0 N–H and O–H groups in total. The fraction of sp³-hybridized carbons (Fsp3) is 0.308. The predicted molar refractivity (Wildman–Crippen MR) is 67.0 cm³/mol. The zero-order valence-corrected chi connectivity index (χ0v) is 10.7. The highest BCUT2D eigenvalue weighted by atomic mass is 16.5. The highest BCUT2D eigenvalue weighted by Gasteiger charge is 2.11. The number of nitrogens with zero attached hydrogens (tertiary/aromatic N) is 3. The smallest absolute Gasteiger partial charge is 0.229 e. The third-order valence-electron chi connectivity index (χ3n) is 2.44. The quantitative estimate of drug-likeness (QED) is 0.828. The summed E-state index contributed by atoms with van der Waals surface area (Å²) in [4.78, 5) is 12.3. The minimum absolute atomic E-state index is 0.490. The Labute approximate surface area is 106 Å². The Bertz CT molecular complexity index is 544. The monoisotopic (exact) mass is 245 g/mol. The van der Waals surface area contributed by atoms with Crippen molar-refractivity contribution in [2.45, 2.75) is 20.8 Å². The maximum Gasteiger partial charge on any atom is 0.229 e. The molecule has 2 aromatic rings. The van der Waals surface area contributed by atoms with E-state index in [9.17, 15) is 0 Å². The van der Waals surface area contributed by atoms with Gasteiger partial charge in [-0.2, -0.15) is 0 Å². The number of aryl methyl sites for hydroxylation is 1. The molecule has 0 bridgehead atoms. The molecule has 2 aromatic heterocycles. The van der Waals surface area contributed by atoms with E-state index in [0.29, 0.717) is 24.1 Å². The molecule has 0 spiro atoms. The summed E-state index contributed by atoms with van der Waals surface area (Å²) >= 11 is 0. The van der Waals surface area contributed by atoms with Crippen molar-refractivity contribution < 1.29 is 9.47 Å². The number of pyridine rings is 1. The predicted octanol–water partition coefficient (Wildman–Crippen LogP) is 2.68. The van der Waals surface area contributed by atoms with Crippen LogP contribution in [0.1, 0.15) is 18.2 Å². The van der Waals surface area contributed by atoms with Gasteiger partial charge in [-0.1, -0.05) is 0 Å². The van der Waals surface area contributed by atoms with Crippen molar-refractivity contribution in [1.29, 1.82) is 0 Å². The summed E-state index contributed by atoms with van der Waals surface area (Å²) in [6.45, 7) is 6.22. The first-order valence-corrected chi connectivity index (χ1v) is 5.76. The topological polar surface area (TPSA) is 57.1 Å². The van der Waals surface area contributed by atoms with Crippen LogP contribution in [0.5, 0.6) is 17.5 Å². The molecule has 0 aliphatic rings. The molecule has 0 fully saturated rings. The average Bonchev–Trinajstić information content (AvgIpc) is 2.37. The van der Waals surface area contributed by atoms with E-state index in [4.69, 9.17) is 9.47 Å². The van der Waals surface area contributed by atoms with Gasteiger partial charge in [0.25, 0.3) is 0 Å². The van der Waals surface area contributed by atoms with Crippen LogP contribution >= 0.6 is 0 Å². The summed E-state index contributed by atoms with van der Waals surface area (Å²) in [7, 11) is 0. The molecule has 0 aliphatic heterocycles. The number of rotatable bonds is 4. The molecule has 0 saturated heterocycles. The Kier molecular flexibility index (Phi) is 3.72. The number of hydrogen-bond acceptors (Lipinski definition) is 5. The molecule has 0 amide bonds. The standard InChI is InChI=1S/C13H15N3O2/c1-4-17-12-9(2)13(16-8-15-12)18-11-6-5-7-14-10(11)3/h5-8H,4H2,1-3H3. The lowest BCUT2D eigenvalue weighted by atomic mass is 10.3. The molecule has 5 heteroatoms. The molecule has 0 radical (unpaired) electrons. The summed E-state index contributed by atoms with van der Waals surface area (Å²) in [5.74, 6) is 1.72. The first kappa shape index (κ1) is 12.3. The second-order valence-corrected chi connectivity index (χ2v) is 3.73. The van der Waals surface area contributed by atoms with Crippen molar-refractivity contribution in [3.05, 3.63) is 35.9 Å². The molecule has 18 heavy (non-hydrogen) atoms. The molecule has 0 saturated carbocycles. The van der Waals surface area contributed by atoms with Crippen molar-refractivity contribution in [3.63, 3.8) is 0 Å². The summed E-state index contributed by atoms with van der Waals surface area (Å²) in [6.07, 6.45) is 3.15. The lowest BCUT2D eigenvalue weighted by Gasteiger charge is -2.11. The Balaban J connectivity index is 2.30. The lowest BCUT2D eigenvalue weighted by molar-refractivity contribution is 0.319. The van der Waals surface area contributed by atoms with Crippen molar-refractivity contribution in [2.75, 3.05) is 6.61 Å². The van der Waals surface area contributed by atoms with Gasteiger partial charge < -0.3 is 9.47 Å². The van der Waals surface area contributed by atoms with Crippen molar-refractivity contribution in [2.24, 2.45) is 0 Å². The normalized spacial score (nSPS) is 10.2. The first-order chi connectivity index (χ1) is 8.72. The van der Waals surface area contributed by atoms with Crippen LogP contribution in [-0.4, -0.2) is 21.6 Å². The summed E-state index contributed by atoms with van der Waals surface area (Å²) in [5, 5.41) is 0. The van der Waals surface area contributed by atoms with Gasteiger partial charge in [-0.3, -0.25) is 4.98 Å². The molecule has 0 atom stereocenters. The molecule has 2 rings (SSSR count). The van der Waals surface area contributed by atoms with Crippen LogP contribution in [-0.2, 0) is 0 Å². The summed E-state index contributed by atoms with van der Waals surface area (Å²) in [5.41, 5.74) is 1.59. The molecule has 5 nitrogen and oxygen atoms in total. The highest BCUT2D eigenvalue weighted by molar-refractivity contribution is 5.37. The third kappa shape index (κ3) is 2.56. The zero-order valence-electron chi connectivity index (χ0n) is 10.7. The Morgan fingerprint density at radius 1 is 1.11 bits per heavy atom. The van der Waals surface area contributed by atoms with E-state index in [0.717, 1.165) is 11.3 Å². The SMILES string of the molecule is CCOc1ncnc(Oc2cccnc2C)c1C. The third-order valence-corrected chi connectivity index (χ3v) is 2.44. The first-order valence-electron chi connectivity index (χ1n) is 5.76. The van der Waals surface area contributed by atoms with Crippen LogP contribution in [0.2, 0.25) is 0 Å². The van der Waals surface area contributed by atoms with Gasteiger partial charge in [-0.05, 0) is 32.9 Å². The highest BCUT2D eigenvalue weighted by Crippen LogP contribution is 2.28. The van der Waals surface area contributed by atoms with E-state index in [1.165, 1.54) is 6.33 Å². The average molecular weight is 245 g/mol. The Morgan fingerprint density at radius 2 is 1.89 bits per heavy atom. The maximum absolute atomic E-state index is 5.73. The molecule has 0 unspecified atom stereocenters. The second kappa shape index (κ2) is 5.44. The lowest BCUT2D eigenvalue weighted by Crippen LogP contribution is -2.01. The second-order valence-electron chi connectivity index (χ2n) is 3.73. The van der Waals surface area contributed by atoms with E-state index in [-0.39, 0.29) is 0 Å². The molecular weight excluding hydrogens is 230 g/mol. The van der Waals surface area contributed by atoms with Crippen LogP contribution < -0.4 is 9.47 Å². The Morgan fingerprint density at radius 3 is 2.61 bits per heavy atom. The van der Waals surface area contributed by atoms with Crippen molar-refractivity contribution in [3.8, 4) is 17.5 Å². The van der Waals surface area contributed by atoms with Gasteiger partial charge >= 0.3 is 0 Å². The molecule has 2 heterocycles. The van der Waals surface area contributed by atoms with Gasteiger partial charge in [-0.15, -0.1) is 0 Å². The van der Waals surface area contributed by atoms with Crippen LogP contribution in [0.25, 0.3) is 0 Å². The van der Waals surface area contributed by atoms with Gasteiger partial charge in [0.05, 0.1) is 17.9 Å². The van der Waals surface area contributed by atoms with E-state index in [2.05, 4.69) is 15.0 Å². The van der Waals surface area contributed by atoms with Gasteiger partial charge in [0.1, 0.15) is 6.33 Å². The molecule has 0 aromatic carbocycles. The molecule has 94 valence electrons. The Hall–Kier alpha value is -2.17. The van der Waals surface area contributed by atoms with Crippen LogP contribution in [0.3, 0.4) is 0 Å². The van der Waals surface area contributed by atoms with Crippen LogP contribution in [0.4, 0.5) is 0 Å². The summed E-state index contributed by atoms with van der Waals surface area (Å²) in [6, 6.07) is 3.67.